The van der Waals surface area contributed by atoms with Crippen molar-refractivity contribution < 1.29 is 0 Å². The fourth-order valence-electron chi connectivity index (χ4n) is 6.05. The molecule has 218 valence electrons. The lowest BCUT2D eigenvalue weighted by molar-refractivity contribution is 1.06. The van der Waals surface area contributed by atoms with Gasteiger partial charge >= 0.3 is 0 Å². The van der Waals surface area contributed by atoms with Gasteiger partial charge in [0.1, 0.15) is 0 Å². The van der Waals surface area contributed by atoms with Crippen LogP contribution < -0.4 is 0 Å². The third-order valence-corrected chi connectivity index (χ3v) is 8.33. The topological polar surface area (TPSA) is 91.2 Å². The van der Waals surface area contributed by atoms with Gasteiger partial charge in [0.15, 0.2) is 17.5 Å². The zero-order valence-corrected chi connectivity index (χ0v) is 25.0. The van der Waals surface area contributed by atoms with E-state index < -0.39 is 0 Å². The number of para-hydroxylation sites is 1. The first-order chi connectivity index (χ1) is 23.2. The van der Waals surface area contributed by atoms with Gasteiger partial charge in [-0.1, -0.05) is 103 Å². The predicted octanol–water partition coefficient (Wildman–Crippen LogP) is 9.38. The molecule has 0 radical (unpaired) electrons. The van der Waals surface area contributed by atoms with Crippen LogP contribution in [0.25, 0.3) is 72.8 Å². The summed E-state index contributed by atoms with van der Waals surface area (Å²) < 4.78 is 2.20. The molecule has 0 saturated heterocycles. The molecule has 2 heterocycles. The van der Waals surface area contributed by atoms with Gasteiger partial charge in [-0.2, -0.15) is 10.5 Å². The van der Waals surface area contributed by atoms with E-state index in [1.54, 1.807) is 0 Å². The summed E-state index contributed by atoms with van der Waals surface area (Å²) in [5.74, 6) is 1.68. The Kier molecular flexibility index (Phi) is 6.80. The highest BCUT2D eigenvalue weighted by atomic mass is 15.1. The second-order valence-corrected chi connectivity index (χ2v) is 11.2. The van der Waals surface area contributed by atoms with Gasteiger partial charge in [0.25, 0.3) is 0 Å². The van der Waals surface area contributed by atoms with Gasteiger partial charge < -0.3 is 4.57 Å². The Hall–Kier alpha value is -6.89. The average Bonchev–Trinajstić information content (AvgIpc) is 3.48. The van der Waals surface area contributed by atoms with E-state index in [0.717, 1.165) is 55.3 Å². The molecule has 8 rings (SSSR count). The molecule has 6 nitrogen and oxygen atoms in total. The molecule has 47 heavy (non-hydrogen) atoms. The van der Waals surface area contributed by atoms with Gasteiger partial charge in [-0.3, -0.25) is 0 Å². The van der Waals surface area contributed by atoms with E-state index in [-0.39, 0.29) is 0 Å². The first kappa shape index (κ1) is 27.6. The SMILES string of the molecule is N#Cc1ccc(-c2ccc(-c3nc(-c4ccccc4)nc(-c4ccccc4)n3)c(-n3c4ccccc4c4ccc(C#N)cc43)c2)cc1. The minimum atomic E-state index is 0.529. The molecule has 0 amide bonds. The maximum absolute atomic E-state index is 9.87. The molecule has 0 bridgehead atoms. The number of benzene rings is 6. The molecule has 0 aliphatic heterocycles. The molecule has 0 aliphatic carbocycles. The number of nitriles is 2. The summed E-state index contributed by atoms with van der Waals surface area (Å²) in [6.07, 6.45) is 0. The van der Waals surface area contributed by atoms with Gasteiger partial charge in [0.2, 0.25) is 0 Å². The lowest BCUT2D eigenvalue weighted by atomic mass is 10.0. The average molecular weight is 601 g/mol. The van der Waals surface area contributed by atoms with Crippen molar-refractivity contribution in [2.75, 3.05) is 0 Å². The number of fused-ring (bicyclic) bond motifs is 3. The van der Waals surface area contributed by atoms with Crippen LogP contribution in [-0.2, 0) is 0 Å². The van der Waals surface area contributed by atoms with Crippen molar-refractivity contribution in [1.82, 2.24) is 19.5 Å². The summed E-state index contributed by atoms with van der Waals surface area (Å²) in [5.41, 5.74) is 8.46. The van der Waals surface area contributed by atoms with Crippen molar-refractivity contribution in [1.29, 1.82) is 10.5 Å². The molecule has 2 aromatic heterocycles. The fraction of sp³-hybridized carbons (Fsp3) is 0. The first-order valence-corrected chi connectivity index (χ1v) is 15.2. The Labute approximate surface area is 271 Å². The lowest BCUT2D eigenvalue weighted by Gasteiger charge is -2.16. The maximum Gasteiger partial charge on any atom is 0.166 e. The van der Waals surface area contributed by atoms with Crippen LogP contribution in [0, 0.1) is 22.7 Å². The second kappa shape index (κ2) is 11.6. The molecule has 0 unspecified atom stereocenters. The minimum Gasteiger partial charge on any atom is -0.308 e. The first-order valence-electron chi connectivity index (χ1n) is 15.2. The summed E-state index contributed by atoms with van der Waals surface area (Å²) in [6.45, 7) is 0. The van der Waals surface area contributed by atoms with E-state index in [4.69, 9.17) is 15.0 Å². The van der Waals surface area contributed by atoms with Crippen molar-refractivity contribution in [2.45, 2.75) is 0 Å². The van der Waals surface area contributed by atoms with E-state index in [9.17, 15) is 10.5 Å². The van der Waals surface area contributed by atoms with Gasteiger partial charge in [-0.25, -0.2) is 15.0 Å². The van der Waals surface area contributed by atoms with Gasteiger partial charge in [0.05, 0.1) is 40.0 Å². The molecule has 0 aliphatic rings. The number of hydrogen-bond donors (Lipinski definition) is 0. The molecule has 8 aromatic rings. The van der Waals surface area contributed by atoms with Crippen LogP contribution in [0.2, 0.25) is 0 Å². The summed E-state index contributed by atoms with van der Waals surface area (Å²) in [4.78, 5) is 15.0. The van der Waals surface area contributed by atoms with E-state index in [2.05, 4.69) is 47.0 Å². The van der Waals surface area contributed by atoms with Crippen molar-refractivity contribution in [3.05, 3.63) is 157 Å². The summed E-state index contributed by atoms with van der Waals surface area (Å²) >= 11 is 0. The molecule has 6 heteroatoms. The second-order valence-electron chi connectivity index (χ2n) is 11.2. The van der Waals surface area contributed by atoms with Crippen LogP contribution in [-0.4, -0.2) is 19.5 Å². The molecular weight excluding hydrogens is 576 g/mol. The Morgan fingerprint density at radius 3 is 1.64 bits per heavy atom. The minimum absolute atomic E-state index is 0.529. The van der Waals surface area contributed by atoms with Crippen LogP contribution in [0.5, 0.6) is 0 Å². The smallest absolute Gasteiger partial charge is 0.166 e. The van der Waals surface area contributed by atoms with Crippen LogP contribution >= 0.6 is 0 Å². The van der Waals surface area contributed by atoms with Crippen molar-refractivity contribution in [2.24, 2.45) is 0 Å². The number of rotatable bonds is 5. The molecule has 0 N–H and O–H groups in total. The van der Waals surface area contributed by atoms with Crippen LogP contribution in [0.1, 0.15) is 11.1 Å². The maximum atomic E-state index is 9.87. The van der Waals surface area contributed by atoms with E-state index >= 15 is 0 Å². The summed E-state index contributed by atoms with van der Waals surface area (Å²) in [7, 11) is 0. The molecule has 0 atom stereocenters. The summed E-state index contributed by atoms with van der Waals surface area (Å²) in [6, 6.07) is 52.2. The number of nitrogens with zero attached hydrogens (tertiary/aromatic N) is 6. The van der Waals surface area contributed by atoms with Crippen molar-refractivity contribution in [3.8, 4) is 63.1 Å². The van der Waals surface area contributed by atoms with Crippen LogP contribution in [0.3, 0.4) is 0 Å². The van der Waals surface area contributed by atoms with Crippen LogP contribution in [0.15, 0.2) is 146 Å². The third-order valence-electron chi connectivity index (χ3n) is 8.33. The van der Waals surface area contributed by atoms with Gasteiger partial charge in [-0.05, 0) is 53.6 Å². The predicted molar refractivity (Wildman–Crippen MR) is 185 cm³/mol. The van der Waals surface area contributed by atoms with Gasteiger partial charge in [0, 0.05) is 27.5 Å². The Morgan fingerprint density at radius 2 is 0.979 bits per heavy atom. The normalized spacial score (nSPS) is 10.9. The lowest BCUT2D eigenvalue weighted by Crippen LogP contribution is -2.04. The highest BCUT2D eigenvalue weighted by Gasteiger charge is 2.20. The van der Waals surface area contributed by atoms with Gasteiger partial charge in [-0.15, -0.1) is 0 Å². The zero-order chi connectivity index (χ0) is 31.7. The number of aromatic nitrogens is 4. The highest BCUT2D eigenvalue weighted by molar-refractivity contribution is 6.10. The molecule has 0 spiro atoms. The Bertz CT molecular complexity index is 2460. The third kappa shape index (κ3) is 4.97. The fourth-order valence-corrected chi connectivity index (χ4v) is 6.05. The molecule has 0 fully saturated rings. The van der Waals surface area contributed by atoms with Crippen molar-refractivity contribution in [3.63, 3.8) is 0 Å². The van der Waals surface area contributed by atoms with Crippen LogP contribution in [0.4, 0.5) is 0 Å². The number of hydrogen-bond acceptors (Lipinski definition) is 5. The van der Waals surface area contributed by atoms with Crippen molar-refractivity contribution >= 4 is 21.8 Å². The van der Waals surface area contributed by atoms with E-state index in [0.29, 0.717) is 28.6 Å². The standard InChI is InChI=1S/C41H24N6/c42-25-27-15-18-29(19-16-27)32-20-22-35(38(24-32)47-36-14-8-7-13-33(36)34-21-17-28(26-43)23-37(34)47)41-45-39(30-9-3-1-4-10-30)44-40(46-41)31-11-5-2-6-12-31/h1-24H. The summed E-state index contributed by atoms with van der Waals surface area (Å²) in [5, 5.41) is 21.4. The molecular formula is C41H24N6. The highest BCUT2D eigenvalue weighted by Crippen LogP contribution is 2.38. The van der Waals surface area contributed by atoms with E-state index in [1.165, 1.54) is 0 Å². The Balaban J connectivity index is 1.46. The van der Waals surface area contributed by atoms with E-state index in [1.807, 2.05) is 115 Å². The Morgan fingerprint density at radius 1 is 0.426 bits per heavy atom. The largest absolute Gasteiger partial charge is 0.308 e. The zero-order valence-electron chi connectivity index (χ0n) is 25.0. The monoisotopic (exact) mass is 600 g/mol. The quantitative estimate of drug-likeness (QED) is 0.196. The molecule has 6 aromatic carbocycles. The molecule has 0 saturated carbocycles.